The third-order valence-corrected chi connectivity index (χ3v) is 7.84. The number of nitrogens with zero attached hydrogens (tertiary/aromatic N) is 1. The van der Waals surface area contributed by atoms with E-state index in [9.17, 15) is 13.2 Å². The summed E-state index contributed by atoms with van der Waals surface area (Å²) in [6, 6.07) is 19.2. The zero-order valence-electron chi connectivity index (χ0n) is 14.4. The summed E-state index contributed by atoms with van der Waals surface area (Å²) in [6.07, 6.45) is 0.347. The molecule has 1 aliphatic heterocycles. The van der Waals surface area contributed by atoms with Gasteiger partial charge in [-0.2, -0.15) is 4.31 Å². The summed E-state index contributed by atoms with van der Waals surface area (Å²) in [6.45, 7) is 0.184. The third-order valence-electron chi connectivity index (χ3n) is 4.61. The molecular formula is C20H18N2O3S2. The van der Waals surface area contributed by atoms with E-state index in [4.69, 9.17) is 0 Å². The number of carbonyl (C=O) groups excluding carboxylic acids is 1. The quantitative estimate of drug-likeness (QED) is 0.731. The van der Waals surface area contributed by atoms with Gasteiger partial charge in [0.05, 0.1) is 0 Å². The fraction of sp³-hybridized carbons (Fsp3) is 0.150. The first-order valence-corrected chi connectivity index (χ1v) is 10.9. The number of anilines is 1. The van der Waals surface area contributed by atoms with Gasteiger partial charge in [0.15, 0.2) is 0 Å². The molecule has 1 atom stereocenters. The molecule has 0 fully saturated rings. The number of hydrogen-bond donors (Lipinski definition) is 1. The Bertz CT molecular complexity index is 1050. The molecule has 1 aliphatic rings. The van der Waals surface area contributed by atoms with Crippen molar-refractivity contribution in [2.45, 2.75) is 23.2 Å². The van der Waals surface area contributed by atoms with Gasteiger partial charge >= 0.3 is 0 Å². The SMILES string of the molecule is O=C(Nc1ccccc1)[C@@H]1Cc2ccccc2CN1S(=O)(=O)c1cccs1. The molecule has 3 aromatic rings. The Morgan fingerprint density at radius 3 is 2.37 bits per heavy atom. The number of carbonyl (C=O) groups is 1. The maximum Gasteiger partial charge on any atom is 0.253 e. The van der Waals surface area contributed by atoms with Crippen molar-refractivity contribution in [3.63, 3.8) is 0 Å². The summed E-state index contributed by atoms with van der Waals surface area (Å²) in [5.41, 5.74) is 2.58. The van der Waals surface area contributed by atoms with Gasteiger partial charge in [0.25, 0.3) is 10.0 Å². The lowest BCUT2D eigenvalue weighted by Crippen LogP contribution is -2.50. The summed E-state index contributed by atoms with van der Waals surface area (Å²) in [5.74, 6) is -0.323. The van der Waals surface area contributed by atoms with Gasteiger partial charge in [0.2, 0.25) is 5.91 Å². The van der Waals surface area contributed by atoms with Crippen molar-refractivity contribution >= 4 is 33.0 Å². The molecule has 0 radical (unpaired) electrons. The number of rotatable bonds is 4. The highest BCUT2D eigenvalue weighted by Crippen LogP contribution is 2.31. The van der Waals surface area contributed by atoms with Gasteiger partial charge in [-0.05, 0) is 41.1 Å². The van der Waals surface area contributed by atoms with Crippen LogP contribution in [-0.4, -0.2) is 24.7 Å². The van der Waals surface area contributed by atoms with Crippen LogP contribution in [0, 0.1) is 0 Å². The van der Waals surface area contributed by atoms with Crippen molar-refractivity contribution in [1.82, 2.24) is 4.31 Å². The van der Waals surface area contributed by atoms with Crippen LogP contribution < -0.4 is 5.32 Å². The van der Waals surface area contributed by atoms with Crippen LogP contribution in [-0.2, 0) is 27.8 Å². The van der Waals surface area contributed by atoms with Gasteiger partial charge in [-0.3, -0.25) is 4.79 Å². The maximum absolute atomic E-state index is 13.2. The number of sulfonamides is 1. The zero-order valence-corrected chi connectivity index (χ0v) is 16.0. The van der Waals surface area contributed by atoms with Crippen molar-refractivity contribution in [3.8, 4) is 0 Å². The van der Waals surface area contributed by atoms with Gasteiger partial charge < -0.3 is 5.32 Å². The Labute approximate surface area is 162 Å². The van der Waals surface area contributed by atoms with E-state index in [2.05, 4.69) is 5.32 Å². The Hall–Kier alpha value is -2.48. The average molecular weight is 399 g/mol. The minimum absolute atomic E-state index is 0.184. The normalized spacial score (nSPS) is 17.3. The molecule has 7 heteroatoms. The lowest BCUT2D eigenvalue weighted by molar-refractivity contribution is -0.120. The Balaban J connectivity index is 1.71. The van der Waals surface area contributed by atoms with E-state index in [-0.39, 0.29) is 16.7 Å². The van der Waals surface area contributed by atoms with Crippen LogP contribution in [0.25, 0.3) is 0 Å². The monoisotopic (exact) mass is 398 g/mol. The first kappa shape index (κ1) is 17.9. The van der Waals surface area contributed by atoms with E-state index in [1.165, 1.54) is 4.31 Å². The van der Waals surface area contributed by atoms with E-state index in [1.807, 2.05) is 42.5 Å². The van der Waals surface area contributed by atoms with Crippen LogP contribution in [0.5, 0.6) is 0 Å². The predicted octanol–water partition coefficient (Wildman–Crippen LogP) is 3.50. The summed E-state index contributed by atoms with van der Waals surface area (Å²) in [5, 5.41) is 4.57. The molecule has 4 rings (SSSR count). The van der Waals surface area contributed by atoms with Gasteiger partial charge in [-0.25, -0.2) is 8.42 Å². The lowest BCUT2D eigenvalue weighted by atomic mass is 9.95. The standard InChI is InChI=1S/C20H18N2O3S2/c23-20(21-17-9-2-1-3-10-17)18-13-15-7-4-5-8-16(15)14-22(18)27(24,25)19-11-6-12-26-19/h1-12,18H,13-14H2,(H,21,23)/t18-/m0/s1. The number of nitrogens with one attached hydrogen (secondary N) is 1. The Morgan fingerprint density at radius 2 is 1.67 bits per heavy atom. The van der Waals surface area contributed by atoms with E-state index in [0.717, 1.165) is 22.5 Å². The van der Waals surface area contributed by atoms with E-state index in [1.54, 1.807) is 29.6 Å². The Morgan fingerprint density at radius 1 is 0.963 bits per heavy atom. The number of fused-ring (bicyclic) bond motifs is 1. The van der Waals surface area contributed by atoms with Crippen molar-refractivity contribution in [1.29, 1.82) is 0 Å². The van der Waals surface area contributed by atoms with Crippen molar-refractivity contribution in [2.75, 3.05) is 5.32 Å². The second-order valence-electron chi connectivity index (χ2n) is 6.33. The molecule has 1 N–H and O–H groups in total. The van der Waals surface area contributed by atoms with Gasteiger partial charge in [-0.15, -0.1) is 11.3 Å². The van der Waals surface area contributed by atoms with Crippen LogP contribution in [0.15, 0.2) is 76.3 Å². The first-order valence-electron chi connectivity index (χ1n) is 8.54. The summed E-state index contributed by atoms with van der Waals surface area (Å²) in [4.78, 5) is 13.0. The number of benzene rings is 2. The second kappa shape index (κ2) is 7.26. The first-order chi connectivity index (χ1) is 13.1. The van der Waals surface area contributed by atoms with Crippen molar-refractivity contribution < 1.29 is 13.2 Å². The fourth-order valence-electron chi connectivity index (χ4n) is 3.25. The van der Waals surface area contributed by atoms with Crippen molar-refractivity contribution in [2.24, 2.45) is 0 Å². The molecule has 0 bridgehead atoms. The van der Waals surface area contributed by atoms with E-state index in [0.29, 0.717) is 12.1 Å². The van der Waals surface area contributed by atoms with Crippen LogP contribution in [0.3, 0.4) is 0 Å². The topological polar surface area (TPSA) is 66.5 Å². The molecule has 0 spiro atoms. The van der Waals surface area contributed by atoms with Crippen LogP contribution in [0.2, 0.25) is 0 Å². The predicted molar refractivity (Wildman–Crippen MR) is 106 cm³/mol. The molecule has 5 nitrogen and oxygen atoms in total. The number of thiophene rings is 1. The fourth-order valence-corrected chi connectivity index (χ4v) is 5.93. The molecule has 2 aromatic carbocycles. The molecule has 0 unspecified atom stereocenters. The van der Waals surface area contributed by atoms with Gasteiger partial charge in [-0.1, -0.05) is 48.5 Å². The van der Waals surface area contributed by atoms with E-state index < -0.39 is 16.1 Å². The highest BCUT2D eigenvalue weighted by Gasteiger charge is 2.40. The lowest BCUT2D eigenvalue weighted by Gasteiger charge is -2.34. The van der Waals surface area contributed by atoms with Crippen LogP contribution >= 0.6 is 11.3 Å². The highest BCUT2D eigenvalue weighted by atomic mass is 32.2. The summed E-state index contributed by atoms with van der Waals surface area (Å²) >= 11 is 1.16. The molecule has 0 aliphatic carbocycles. The molecule has 138 valence electrons. The summed E-state index contributed by atoms with van der Waals surface area (Å²) in [7, 11) is -3.76. The molecule has 27 heavy (non-hydrogen) atoms. The van der Waals surface area contributed by atoms with Gasteiger partial charge in [0.1, 0.15) is 10.3 Å². The van der Waals surface area contributed by atoms with E-state index >= 15 is 0 Å². The smallest absolute Gasteiger partial charge is 0.253 e. The highest BCUT2D eigenvalue weighted by molar-refractivity contribution is 7.91. The number of amides is 1. The third kappa shape index (κ3) is 3.53. The zero-order chi connectivity index (χ0) is 18.9. The molecular weight excluding hydrogens is 380 g/mol. The van der Waals surface area contributed by atoms with Crippen LogP contribution in [0.1, 0.15) is 11.1 Å². The molecule has 1 amide bonds. The minimum atomic E-state index is -3.76. The largest absolute Gasteiger partial charge is 0.325 e. The van der Waals surface area contributed by atoms with Crippen molar-refractivity contribution in [3.05, 3.63) is 83.2 Å². The minimum Gasteiger partial charge on any atom is -0.325 e. The maximum atomic E-state index is 13.2. The van der Waals surface area contributed by atoms with Crippen LogP contribution in [0.4, 0.5) is 5.69 Å². The van der Waals surface area contributed by atoms with Gasteiger partial charge in [0, 0.05) is 12.2 Å². The summed E-state index contributed by atoms with van der Waals surface area (Å²) < 4.78 is 27.9. The molecule has 2 heterocycles. The average Bonchev–Trinajstić information content (AvgIpc) is 3.23. The number of para-hydroxylation sites is 1. The molecule has 1 aromatic heterocycles. The second-order valence-corrected chi connectivity index (χ2v) is 9.39. The number of hydrogen-bond acceptors (Lipinski definition) is 4. The molecule has 0 saturated carbocycles. The Kier molecular flexibility index (Phi) is 4.82. The molecule has 0 saturated heterocycles.